The zero-order valence-electron chi connectivity index (χ0n) is 13.8. The molecule has 1 rings (SSSR count). The van der Waals surface area contributed by atoms with Gasteiger partial charge in [0.25, 0.3) is 0 Å². The van der Waals surface area contributed by atoms with E-state index in [0.29, 0.717) is 6.04 Å². The molecule has 0 aliphatic rings. The summed E-state index contributed by atoms with van der Waals surface area (Å²) in [5.74, 6) is 0. The standard InChI is InChI=1S/C17H30N2/c1-13(2)19(17(6,7)8)15-11-9-14(10-12-15)18-16(3,4)5/h9-13,18H,1-8H3. The molecule has 0 saturated carbocycles. The lowest BCUT2D eigenvalue weighted by molar-refractivity contribution is 0.465. The molecule has 0 unspecified atom stereocenters. The van der Waals surface area contributed by atoms with Crippen molar-refractivity contribution in [2.45, 2.75) is 72.5 Å². The average molecular weight is 262 g/mol. The van der Waals surface area contributed by atoms with Crippen molar-refractivity contribution in [3.05, 3.63) is 24.3 Å². The number of hydrogen-bond acceptors (Lipinski definition) is 2. The van der Waals surface area contributed by atoms with Gasteiger partial charge in [-0.2, -0.15) is 0 Å². The Bertz CT molecular complexity index is 391. The first-order valence-corrected chi connectivity index (χ1v) is 7.18. The molecule has 0 amide bonds. The largest absolute Gasteiger partial charge is 0.380 e. The second-order valence-corrected chi connectivity index (χ2v) is 7.56. The normalized spacial score (nSPS) is 12.7. The molecule has 19 heavy (non-hydrogen) atoms. The van der Waals surface area contributed by atoms with Crippen LogP contribution in [-0.4, -0.2) is 17.1 Å². The van der Waals surface area contributed by atoms with E-state index in [4.69, 9.17) is 0 Å². The van der Waals surface area contributed by atoms with Gasteiger partial charge in [-0.3, -0.25) is 0 Å². The van der Waals surface area contributed by atoms with Crippen LogP contribution < -0.4 is 10.2 Å². The maximum atomic E-state index is 3.50. The molecule has 0 atom stereocenters. The second-order valence-electron chi connectivity index (χ2n) is 7.56. The Morgan fingerprint density at radius 2 is 1.37 bits per heavy atom. The zero-order valence-corrected chi connectivity index (χ0v) is 13.8. The zero-order chi connectivity index (χ0) is 14.8. The van der Waals surface area contributed by atoms with E-state index in [1.165, 1.54) is 11.4 Å². The molecule has 0 fully saturated rings. The van der Waals surface area contributed by atoms with Crippen molar-refractivity contribution in [1.29, 1.82) is 0 Å². The summed E-state index contributed by atoms with van der Waals surface area (Å²) in [7, 11) is 0. The summed E-state index contributed by atoms with van der Waals surface area (Å²) in [6.45, 7) is 17.8. The van der Waals surface area contributed by atoms with Gasteiger partial charge in [-0.25, -0.2) is 0 Å². The first-order chi connectivity index (χ1) is 8.50. The predicted molar refractivity (Wildman–Crippen MR) is 87.2 cm³/mol. The van der Waals surface area contributed by atoms with E-state index >= 15 is 0 Å². The molecule has 0 saturated heterocycles. The smallest absolute Gasteiger partial charge is 0.0374 e. The number of nitrogens with zero attached hydrogens (tertiary/aromatic N) is 1. The Balaban J connectivity index is 2.97. The van der Waals surface area contributed by atoms with E-state index in [0.717, 1.165) is 0 Å². The van der Waals surface area contributed by atoms with Crippen molar-refractivity contribution < 1.29 is 0 Å². The lowest BCUT2D eigenvalue weighted by Gasteiger charge is -2.41. The van der Waals surface area contributed by atoms with Gasteiger partial charge < -0.3 is 10.2 Å². The predicted octanol–water partition coefficient (Wildman–Crippen LogP) is 4.91. The van der Waals surface area contributed by atoms with Gasteiger partial charge in [-0.05, 0) is 79.7 Å². The van der Waals surface area contributed by atoms with E-state index in [2.05, 4.69) is 89.9 Å². The Hall–Kier alpha value is -1.18. The van der Waals surface area contributed by atoms with Crippen LogP contribution in [0.3, 0.4) is 0 Å². The monoisotopic (exact) mass is 262 g/mol. The van der Waals surface area contributed by atoms with Crippen molar-refractivity contribution in [2.75, 3.05) is 10.2 Å². The molecule has 0 bridgehead atoms. The third-order valence-electron chi connectivity index (χ3n) is 2.90. The molecular weight excluding hydrogens is 232 g/mol. The van der Waals surface area contributed by atoms with Crippen LogP contribution in [0.1, 0.15) is 55.4 Å². The van der Waals surface area contributed by atoms with Crippen LogP contribution in [-0.2, 0) is 0 Å². The summed E-state index contributed by atoms with van der Waals surface area (Å²) in [5, 5.41) is 3.50. The molecule has 0 spiro atoms. The Morgan fingerprint density at radius 1 is 0.895 bits per heavy atom. The van der Waals surface area contributed by atoms with Gasteiger partial charge in [-0.15, -0.1) is 0 Å². The fourth-order valence-electron chi connectivity index (χ4n) is 2.60. The summed E-state index contributed by atoms with van der Waals surface area (Å²) < 4.78 is 0. The van der Waals surface area contributed by atoms with Crippen molar-refractivity contribution in [3.63, 3.8) is 0 Å². The first-order valence-electron chi connectivity index (χ1n) is 7.18. The minimum atomic E-state index is 0.100. The average Bonchev–Trinajstić information content (AvgIpc) is 2.15. The van der Waals surface area contributed by atoms with Crippen molar-refractivity contribution >= 4 is 11.4 Å². The lowest BCUT2D eigenvalue weighted by Crippen LogP contribution is -2.46. The summed E-state index contributed by atoms with van der Waals surface area (Å²) in [6, 6.07) is 9.24. The maximum absolute atomic E-state index is 3.50. The SMILES string of the molecule is CC(C)N(c1ccc(NC(C)(C)C)cc1)C(C)(C)C. The van der Waals surface area contributed by atoms with Gasteiger partial charge >= 0.3 is 0 Å². The molecule has 1 N–H and O–H groups in total. The highest BCUT2D eigenvalue weighted by Crippen LogP contribution is 2.28. The van der Waals surface area contributed by atoms with Crippen LogP contribution in [0, 0.1) is 0 Å². The molecule has 0 radical (unpaired) electrons. The fraction of sp³-hybridized carbons (Fsp3) is 0.647. The van der Waals surface area contributed by atoms with E-state index in [-0.39, 0.29) is 11.1 Å². The molecule has 2 nitrogen and oxygen atoms in total. The van der Waals surface area contributed by atoms with Crippen LogP contribution in [0.15, 0.2) is 24.3 Å². The third-order valence-corrected chi connectivity index (χ3v) is 2.90. The fourth-order valence-corrected chi connectivity index (χ4v) is 2.60. The molecule has 1 aromatic carbocycles. The van der Waals surface area contributed by atoms with Crippen LogP contribution in [0.4, 0.5) is 11.4 Å². The highest BCUT2D eigenvalue weighted by Gasteiger charge is 2.24. The van der Waals surface area contributed by atoms with Crippen molar-refractivity contribution in [2.24, 2.45) is 0 Å². The molecule has 1 aromatic rings. The number of nitrogens with one attached hydrogen (secondary N) is 1. The minimum absolute atomic E-state index is 0.100. The summed E-state index contributed by atoms with van der Waals surface area (Å²) in [5.41, 5.74) is 2.69. The molecule has 0 aromatic heterocycles. The van der Waals surface area contributed by atoms with Crippen LogP contribution in [0.5, 0.6) is 0 Å². The van der Waals surface area contributed by atoms with Crippen LogP contribution >= 0.6 is 0 Å². The van der Waals surface area contributed by atoms with Gasteiger partial charge in [0.15, 0.2) is 0 Å². The highest BCUT2D eigenvalue weighted by molar-refractivity contribution is 5.57. The molecule has 2 heteroatoms. The quantitative estimate of drug-likeness (QED) is 0.832. The van der Waals surface area contributed by atoms with Gasteiger partial charge in [0.05, 0.1) is 0 Å². The third kappa shape index (κ3) is 4.77. The lowest BCUT2D eigenvalue weighted by atomic mass is 10.0. The molecule has 108 valence electrons. The highest BCUT2D eigenvalue weighted by atomic mass is 15.2. The van der Waals surface area contributed by atoms with Crippen molar-refractivity contribution in [1.82, 2.24) is 0 Å². The summed E-state index contributed by atoms with van der Waals surface area (Å²) in [4.78, 5) is 2.45. The minimum Gasteiger partial charge on any atom is -0.380 e. The van der Waals surface area contributed by atoms with E-state index in [1.807, 2.05) is 0 Å². The molecule has 0 aliphatic heterocycles. The second kappa shape index (κ2) is 5.44. The summed E-state index contributed by atoms with van der Waals surface area (Å²) >= 11 is 0. The van der Waals surface area contributed by atoms with Gasteiger partial charge in [0, 0.05) is 28.5 Å². The van der Waals surface area contributed by atoms with Crippen LogP contribution in [0.25, 0.3) is 0 Å². The number of hydrogen-bond donors (Lipinski definition) is 1. The van der Waals surface area contributed by atoms with Crippen molar-refractivity contribution in [3.8, 4) is 0 Å². The van der Waals surface area contributed by atoms with Gasteiger partial charge in [-0.1, -0.05) is 0 Å². The van der Waals surface area contributed by atoms with Gasteiger partial charge in [0.1, 0.15) is 0 Å². The molecule has 0 aliphatic carbocycles. The molecule has 0 heterocycles. The topological polar surface area (TPSA) is 15.3 Å². The Morgan fingerprint density at radius 3 is 1.68 bits per heavy atom. The Labute approximate surface area is 119 Å². The number of benzene rings is 1. The molecular formula is C17H30N2. The van der Waals surface area contributed by atoms with Crippen LogP contribution in [0.2, 0.25) is 0 Å². The number of rotatable bonds is 3. The summed E-state index contributed by atoms with van der Waals surface area (Å²) in [6.07, 6.45) is 0. The van der Waals surface area contributed by atoms with Gasteiger partial charge in [0.2, 0.25) is 0 Å². The first kappa shape index (κ1) is 15.9. The number of anilines is 2. The van der Waals surface area contributed by atoms with E-state index in [1.54, 1.807) is 0 Å². The maximum Gasteiger partial charge on any atom is 0.0374 e. The van der Waals surface area contributed by atoms with E-state index in [9.17, 15) is 0 Å². The Kier molecular flexibility index (Phi) is 4.54. The van der Waals surface area contributed by atoms with E-state index < -0.39 is 0 Å².